The summed E-state index contributed by atoms with van der Waals surface area (Å²) in [6.45, 7) is 0. The first kappa shape index (κ1) is 21.9. The summed E-state index contributed by atoms with van der Waals surface area (Å²) in [5, 5.41) is 0. The van der Waals surface area contributed by atoms with E-state index in [4.69, 9.17) is 0 Å². The van der Waals surface area contributed by atoms with Gasteiger partial charge in [-0.15, -0.1) is 0 Å². The molecule has 0 amide bonds. The molecule has 0 saturated heterocycles. The van der Waals surface area contributed by atoms with Gasteiger partial charge in [0.1, 0.15) is 22.3 Å². The van der Waals surface area contributed by atoms with Crippen molar-refractivity contribution in [1.29, 1.82) is 0 Å². The molecule has 0 fully saturated rings. The molecule has 0 unspecified atom stereocenters. The van der Waals surface area contributed by atoms with Crippen LogP contribution in [0.1, 0.15) is 0 Å². The second kappa shape index (κ2) is 8.52. The first-order chi connectivity index (χ1) is 11.3. The summed E-state index contributed by atoms with van der Waals surface area (Å²) in [7, 11) is 0. The Morgan fingerprint density at radius 2 is 0.654 bits per heavy atom. The third-order valence-electron chi connectivity index (χ3n) is 2.84. The van der Waals surface area contributed by atoms with Gasteiger partial charge in [-0.3, -0.25) is 49.5 Å². The number of nitrogens with one attached hydrogen (secondary N) is 8. The first-order valence-electron chi connectivity index (χ1n) is 6.22. The van der Waals surface area contributed by atoms with E-state index in [9.17, 15) is 28.8 Å². The summed E-state index contributed by atoms with van der Waals surface area (Å²) >= 11 is 0. The molecule has 0 aliphatic heterocycles. The van der Waals surface area contributed by atoms with Crippen molar-refractivity contribution in [2.24, 2.45) is 0 Å². The Bertz CT molecular complexity index is 1280. The van der Waals surface area contributed by atoms with Gasteiger partial charge in [0.15, 0.2) is 0 Å². The van der Waals surface area contributed by atoms with Crippen molar-refractivity contribution in [1.82, 2.24) is 39.9 Å². The molecule has 0 bridgehead atoms. The van der Waals surface area contributed by atoms with Crippen molar-refractivity contribution in [2.75, 3.05) is 0 Å². The number of hydrogen-bond donors (Lipinski definition) is 8. The molecular formula is C10H10N8Na2O6. The van der Waals surface area contributed by atoms with E-state index in [2.05, 4.69) is 29.9 Å². The van der Waals surface area contributed by atoms with Crippen LogP contribution < -0.4 is 33.9 Å². The number of aromatic nitrogens is 8. The van der Waals surface area contributed by atoms with Gasteiger partial charge in [0, 0.05) is 0 Å². The monoisotopic (exact) mass is 384 g/mol. The Hall–Kier alpha value is -2.10. The van der Waals surface area contributed by atoms with Crippen molar-refractivity contribution in [2.45, 2.75) is 0 Å². The molecule has 8 N–H and O–H groups in total. The van der Waals surface area contributed by atoms with Crippen molar-refractivity contribution in [3.05, 3.63) is 62.6 Å². The van der Waals surface area contributed by atoms with Gasteiger partial charge < -0.3 is 0 Å². The van der Waals surface area contributed by atoms with E-state index in [1.165, 1.54) is 0 Å². The molecule has 16 heteroatoms. The van der Waals surface area contributed by atoms with Crippen LogP contribution in [0.5, 0.6) is 0 Å². The minimum atomic E-state index is -0.650. The summed E-state index contributed by atoms with van der Waals surface area (Å²) in [5.41, 5.74) is -3.30. The number of imidazole rings is 2. The van der Waals surface area contributed by atoms with Crippen molar-refractivity contribution < 1.29 is 0 Å². The van der Waals surface area contributed by atoms with E-state index in [1.54, 1.807) is 0 Å². The third-order valence-corrected chi connectivity index (χ3v) is 2.84. The zero-order valence-electron chi connectivity index (χ0n) is 11.4. The van der Waals surface area contributed by atoms with Crippen LogP contribution in [0.4, 0.5) is 0 Å². The molecule has 128 valence electrons. The Morgan fingerprint density at radius 3 is 0.962 bits per heavy atom. The summed E-state index contributed by atoms with van der Waals surface area (Å²) in [5.74, 6) is 0. The van der Waals surface area contributed by atoms with E-state index in [0.29, 0.717) is 0 Å². The predicted molar refractivity (Wildman–Crippen MR) is 94.6 cm³/mol. The van der Waals surface area contributed by atoms with Crippen LogP contribution in [0.3, 0.4) is 0 Å². The first-order valence-corrected chi connectivity index (χ1v) is 6.22. The zero-order valence-corrected chi connectivity index (χ0v) is 11.4. The zero-order chi connectivity index (χ0) is 17.4. The molecule has 0 spiro atoms. The summed E-state index contributed by atoms with van der Waals surface area (Å²) < 4.78 is 0. The Labute approximate surface area is 182 Å². The van der Waals surface area contributed by atoms with Gasteiger partial charge in [0.25, 0.3) is 11.1 Å². The van der Waals surface area contributed by atoms with Gasteiger partial charge in [0.2, 0.25) is 0 Å². The van der Waals surface area contributed by atoms with Gasteiger partial charge in [-0.2, -0.15) is 0 Å². The molecule has 4 heterocycles. The molecule has 0 aromatic carbocycles. The minimum absolute atomic E-state index is 0. The van der Waals surface area contributed by atoms with Gasteiger partial charge in [-0.05, 0) is 0 Å². The Kier molecular flexibility index (Phi) is 7.19. The molecule has 0 atom stereocenters. The molecule has 26 heavy (non-hydrogen) atoms. The van der Waals surface area contributed by atoms with Gasteiger partial charge >= 0.3 is 81.9 Å². The van der Waals surface area contributed by atoms with Gasteiger partial charge in [-0.1, -0.05) is 0 Å². The summed E-state index contributed by atoms with van der Waals surface area (Å²) in [4.78, 5) is 82.0. The van der Waals surface area contributed by atoms with E-state index in [-0.39, 0.29) is 81.4 Å². The normalized spacial score (nSPS) is 9.85. The van der Waals surface area contributed by atoms with E-state index in [0.717, 1.165) is 0 Å². The van der Waals surface area contributed by atoms with Crippen LogP contribution in [0.25, 0.3) is 22.3 Å². The molecule has 0 radical (unpaired) electrons. The van der Waals surface area contributed by atoms with Crippen molar-refractivity contribution in [3.8, 4) is 0 Å². The second-order valence-corrected chi connectivity index (χ2v) is 4.47. The van der Waals surface area contributed by atoms with Crippen LogP contribution in [-0.4, -0.2) is 99.0 Å². The fraction of sp³-hybridized carbons (Fsp3) is 0. The van der Waals surface area contributed by atoms with Crippen LogP contribution in [0, 0.1) is 0 Å². The third kappa shape index (κ3) is 4.54. The maximum atomic E-state index is 10.9. The quantitative estimate of drug-likeness (QED) is 0.138. The summed E-state index contributed by atoms with van der Waals surface area (Å²) in [6.07, 6.45) is 0. The van der Waals surface area contributed by atoms with Gasteiger partial charge in [-0.25, -0.2) is 19.2 Å². The fourth-order valence-corrected chi connectivity index (χ4v) is 1.92. The van der Waals surface area contributed by atoms with E-state index >= 15 is 0 Å². The molecule has 4 aromatic rings. The summed E-state index contributed by atoms with van der Waals surface area (Å²) in [6, 6.07) is 0. The maximum absolute atomic E-state index is 10.9. The molecule has 0 aliphatic rings. The molecule has 14 nitrogen and oxygen atoms in total. The average molecular weight is 384 g/mol. The Balaban J connectivity index is 0.000000241. The van der Waals surface area contributed by atoms with Crippen LogP contribution >= 0.6 is 0 Å². The fourth-order valence-electron chi connectivity index (χ4n) is 1.92. The predicted octanol–water partition coefficient (Wildman–Crippen LogP) is -4.83. The van der Waals surface area contributed by atoms with Crippen molar-refractivity contribution >= 4 is 81.4 Å². The van der Waals surface area contributed by atoms with Crippen LogP contribution in [-0.2, 0) is 0 Å². The molecule has 4 rings (SSSR count). The van der Waals surface area contributed by atoms with E-state index < -0.39 is 33.9 Å². The van der Waals surface area contributed by atoms with E-state index in [1.807, 2.05) is 9.97 Å². The number of H-pyrrole nitrogens is 8. The molecule has 0 aliphatic carbocycles. The standard InChI is InChI=1S/2C5H4N4O3.2Na.2H/c2*10-3-1-2(7-4(11)6-1)8-5(12)9-3;;;;/h2*(H4,6,7,8,9,10,11,12);;;;. The number of aromatic amines is 8. The van der Waals surface area contributed by atoms with Crippen molar-refractivity contribution in [3.63, 3.8) is 0 Å². The van der Waals surface area contributed by atoms with Crippen LogP contribution in [0.2, 0.25) is 0 Å². The number of rotatable bonds is 0. The number of fused-ring (bicyclic) bond motifs is 2. The van der Waals surface area contributed by atoms with Crippen LogP contribution in [0.15, 0.2) is 28.8 Å². The number of hydrogen-bond acceptors (Lipinski definition) is 6. The SMILES string of the molecule is O=c1[nH]c(=O)c2[nH]c(=O)[nH]c2[nH]1.O=c1[nH]c(=O)c2[nH]c(=O)[nH]c2[nH]1.[NaH].[NaH]. The molecule has 0 saturated carbocycles. The molecular weight excluding hydrogens is 374 g/mol. The second-order valence-electron chi connectivity index (χ2n) is 4.47. The van der Waals surface area contributed by atoms with Gasteiger partial charge in [0.05, 0.1) is 0 Å². The molecule has 4 aromatic heterocycles. The average Bonchev–Trinajstić information content (AvgIpc) is 3.01. The Morgan fingerprint density at radius 1 is 0.385 bits per heavy atom. The topological polar surface area (TPSA) is 229 Å².